The van der Waals surface area contributed by atoms with Crippen molar-refractivity contribution in [1.29, 1.82) is 0 Å². The maximum absolute atomic E-state index is 12.3. The first kappa shape index (κ1) is 19.8. The van der Waals surface area contributed by atoms with Gasteiger partial charge >= 0.3 is 11.9 Å². The van der Waals surface area contributed by atoms with Crippen molar-refractivity contribution < 1.29 is 23.8 Å². The zero-order chi connectivity index (χ0) is 20.6. The maximum Gasteiger partial charge on any atom is 0.343 e. The lowest BCUT2D eigenvalue weighted by atomic mass is 10.2. The third-order valence-electron chi connectivity index (χ3n) is 4.07. The smallest absolute Gasteiger partial charge is 0.343 e. The van der Waals surface area contributed by atoms with Crippen molar-refractivity contribution in [3.8, 4) is 11.5 Å². The van der Waals surface area contributed by atoms with Crippen LogP contribution in [0, 0.1) is 0 Å². The number of methoxy groups -OCH3 is 2. The highest BCUT2D eigenvalue weighted by atomic mass is 16.5. The predicted molar refractivity (Wildman–Crippen MR) is 109 cm³/mol. The van der Waals surface area contributed by atoms with Gasteiger partial charge in [-0.25, -0.2) is 9.59 Å². The predicted octanol–water partition coefficient (Wildman–Crippen LogP) is 4.45. The lowest BCUT2D eigenvalue weighted by Crippen LogP contribution is -2.08. The molecule has 0 aromatic heterocycles. The van der Waals surface area contributed by atoms with Gasteiger partial charge in [0.05, 0.1) is 31.0 Å². The topological polar surface area (TPSA) is 74.2 Å². The third kappa shape index (κ3) is 5.29. The van der Waals surface area contributed by atoms with E-state index in [2.05, 4.69) is 9.73 Å². The summed E-state index contributed by atoms with van der Waals surface area (Å²) in [6, 6.07) is 20.4. The van der Waals surface area contributed by atoms with Crippen molar-refractivity contribution >= 4 is 23.8 Å². The fraction of sp³-hybridized carbons (Fsp3) is 0.0870. The molecule has 0 saturated heterocycles. The molecule has 0 aliphatic carbocycles. The maximum atomic E-state index is 12.3. The SMILES string of the molecule is COC(=O)c1ccc(OC(=O)c2ccc(N=Cc3ccc(OC)cc3)cc2)cc1. The van der Waals surface area contributed by atoms with E-state index in [4.69, 9.17) is 9.47 Å². The molecule has 146 valence electrons. The van der Waals surface area contributed by atoms with E-state index < -0.39 is 11.9 Å². The molecule has 0 atom stereocenters. The minimum absolute atomic E-state index is 0.337. The average molecular weight is 389 g/mol. The lowest BCUT2D eigenvalue weighted by molar-refractivity contribution is 0.0600. The van der Waals surface area contributed by atoms with Gasteiger partial charge in [-0.05, 0) is 78.4 Å². The molecule has 0 bridgehead atoms. The highest BCUT2D eigenvalue weighted by molar-refractivity contribution is 5.92. The average Bonchev–Trinajstić information content (AvgIpc) is 2.78. The van der Waals surface area contributed by atoms with Gasteiger partial charge in [0.25, 0.3) is 0 Å². The van der Waals surface area contributed by atoms with Crippen molar-refractivity contribution in [2.24, 2.45) is 4.99 Å². The molecular formula is C23H19NO5. The molecule has 3 rings (SSSR count). The third-order valence-corrected chi connectivity index (χ3v) is 4.07. The largest absolute Gasteiger partial charge is 0.497 e. The van der Waals surface area contributed by atoms with E-state index in [-0.39, 0.29) is 0 Å². The summed E-state index contributed by atoms with van der Waals surface area (Å²) < 4.78 is 15.1. The van der Waals surface area contributed by atoms with Crippen LogP contribution in [0.15, 0.2) is 77.8 Å². The molecular weight excluding hydrogens is 370 g/mol. The molecule has 0 heterocycles. The Bertz CT molecular complexity index is 1010. The number of hydrogen-bond acceptors (Lipinski definition) is 6. The standard InChI is InChI=1S/C23H19NO5/c1-27-20-11-3-16(4-12-20)15-24-19-9-5-18(6-10-19)23(26)29-21-13-7-17(8-14-21)22(25)28-2/h3-15H,1-2H3. The van der Waals surface area contributed by atoms with Gasteiger partial charge in [0.2, 0.25) is 0 Å². The van der Waals surface area contributed by atoms with Crippen molar-refractivity contribution in [2.75, 3.05) is 14.2 Å². The van der Waals surface area contributed by atoms with Crippen LogP contribution < -0.4 is 9.47 Å². The van der Waals surface area contributed by atoms with Crippen molar-refractivity contribution in [2.45, 2.75) is 0 Å². The van der Waals surface area contributed by atoms with Gasteiger partial charge in [-0.2, -0.15) is 0 Å². The van der Waals surface area contributed by atoms with Crippen LogP contribution in [0.25, 0.3) is 0 Å². The number of nitrogens with zero attached hydrogens (tertiary/aromatic N) is 1. The number of rotatable bonds is 6. The van der Waals surface area contributed by atoms with E-state index in [0.717, 1.165) is 11.3 Å². The Morgan fingerprint density at radius 1 is 0.724 bits per heavy atom. The summed E-state index contributed by atoms with van der Waals surface area (Å²) >= 11 is 0. The summed E-state index contributed by atoms with van der Waals surface area (Å²) in [5.74, 6) is 0.171. The van der Waals surface area contributed by atoms with E-state index >= 15 is 0 Å². The van der Waals surface area contributed by atoms with Gasteiger partial charge in [0.1, 0.15) is 11.5 Å². The van der Waals surface area contributed by atoms with Crippen molar-refractivity contribution in [3.63, 3.8) is 0 Å². The fourth-order valence-corrected chi connectivity index (χ4v) is 2.47. The first-order valence-electron chi connectivity index (χ1n) is 8.78. The molecule has 6 heteroatoms. The Hall–Kier alpha value is -3.93. The lowest BCUT2D eigenvalue weighted by Gasteiger charge is -2.05. The van der Waals surface area contributed by atoms with Gasteiger partial charge in [-0.15, -0.1) is 0 Å². The van der Waals surface area contributed by atoms with Gasteiger partial charge in [-0.1, -0.05) is 0 Å². The number of ether oxygens (including phenoxy) is 3. The molecule has 3 aromatic carbocycles. The summed E-state index contributed by atoms with van der Waals surface area (Å²) in [4.78, 5) is 28.1. The summed E-state index contributed by atoms with van der Waals surface area (Å²) in [5, 5.41) is 0. The monoisotopic (exact) mass is 389 g/mol. The number of hydrogen-bond donors (Lipinski definition) is 0. The summed E-state index contributed by atoms with van der Waals surface area (Å²) in [6.07, 6.45) is 1.73. The summed E-state index contributed by atoms with van der Waals surface area (Å²) in [6.45, 7) is 0. The van der Waals surface area contributed by atoms with E-state index in [0.29, 0.717) is 22.6 Å². The van der Waals surface area contributed by atoms with Crippen LogP contribution in [-0.4, -0.2) is 32.4 Å². The molecule has 0 aliphatic rings. The molecule has 0 saturated carbocycles. The molecule has 6 nitrogen and oxygen atoms in total. The first-order chi connectivity index (χ1) is 14.1. The Balaban J connectivity index is 1.62. The Labute approximate surface area is 168 Å². The highest BCUT2D eigenvalue weighted by Crippen LogP contribution is 2.18. The number of aliphatic imine (C=N–C) groups is 1. The molecule has 0 aliphatic heterocycles. The molecule has 29 heavy (non-hydrogen) atoms. The van der Waals surface area contributed by atoms with E-state index in [9.17, 15) is 9.59 Å². The Morgan fingerprint density at radius 2 is 1.28 bits per heavy atom. The van der Waals surface area contributed by atoms with Gasteiger partial charge < -0.3 is 14.2 Å². The van der Waals surface area contributed by atoms with Crippen molar-refractivity contribution in [1.82, 2.24) is 0 Å². The summed E-state index contributed by atoms with van der Waals surface area (Å²) in [7, 11) is 2.92. The van der Waals surface area contributed by atoms with Crippen LogP contribution in [0.5, 0.6) is 11.5 Å². The summed E-state index contributed by atoms with van der Waals surface area (Å²) in [5.41, 5.74) is 2.42. The van der Waals surface area contributed by atoms with Gasteiger partial charge in [0, 0.05) is 6.21 Å². The normalized spacial score (nSPS) is 10.6. The van der Waals surface area contributed by atoms with Crippen LogP contribution in [0.2, 0.25) is 0 Å². The first-order valence-corrected chi connectivity index (χ1v) is 8.78. The second kappa shape index (κ2) is 9.32. The van der Waals surface area contributed by atoms with Gasteiger partial charge in [0.15, 0.2) is 0 Å². The van der Waals surface area contributed by atoms with E-state index in [1.165, 1.54) is 31.4 Å². The molecule has 0 amide bonds. The van der Waals surface area contributed by atoms with Gasteiger partial charge in [-0.3, -0.25) is 4.99 Å². The fourth-order valence-electron chi connectivity index (χ4n) is 2.47. The highest BCUT2D eigenvalue weighted by Gasteiger charge is 2.10. The molecule has 0 radical (unpaired) electrons. The molecule has 3 aromatic rings. The quantitative estimate of drug-likeness (QED) is 0.354. The second-order valence-electron chi connectivity index (χ2n) is 5.98. The van der Waals surface area contributed by atoms with E-state index in [1.54, 1.807) is 37.6 Å². The van der Waals surface area contributed by atoms with Crippen LogP contribution in [0.1, 0.15) is 26.3 Å². The minimum atomic E-state index is -0.499. The molecule has 0 fully saturated rings. The number of carbonyl (C=O) groups is 2. The van der Waals surface area contributed by atoms with E-state index in [1.807, 2.05) is 24.3 Å². The molecule has 0 unspecified atom stereocenters. The van der Waals surface area contributed by atoms with Crippen LogP contribution >= 0.6 is 0 Å². The number of carbonyl (C=O) groups excluding carboxylic acids is 2. The zero-order valence-electron chi connectivity index (χ0n) is 16.0. The zero-order valence-corrected chi connectivity index (χ0v) is 16.0. The Kier molecular flexibility index (Phi) is 6.37. The van der Waals surface area contributed by atoms with Crippen LogP contribution in [0.3, 0.4) is 0 Å². The Morgan fingerprint density at radius 3 is 1.86 bits per heavy atom. The van der Waals surface area contributed by atoms with Crippen molar-refractivity contribution in [3.05, 3.63) is 89.5 Å². The van der Waals surface area contributed by atoms with Crippen LogP contribution in [0.4, 0.5) is 5.69 Å². The molecule has 0 spiro atoms. The molecule has 0 N–H and O–H groups in total. The number of esters is 2. The second-order valence-corrected chi connectivity index (χ2v) is 5.98. The number of benzene rings is 3. The van der Waals surface area contributed by atoms with Crippen LogP contribution in [-0.2, 0) is 4.74 Å². The minimum Gasteiger partial charge on any atom is -0.497 e.